The smallest absolute Gasteiger partial charge is 0.165 e. The first kappa shape index (κ1) is 10.7. The Morgan fingerprint density at radius 1 is 1.19 bits per heavy atom. The molecular formula is C10H11N3O2S. The Morgan fingerprint density at radius 2 is 2.00 bits per heavy atom. The van der Waals surface area contributed by atoms with Gasteiger partial charge in [-0.2, -0.15) is 8.75 Å². The second-order valence-electron chi connectivity index (χ2n) is 3.06. The van der Waals surface area contributed by atoms with Crippen molar-refractivity contribution in [3.8, 4) is 22.8 Å². The molecule has 0 fully saturated rings. The molecule has 1 heterocycles. The number of ether oxygens (including phenoxy) is 2. The standard InChI is InChI=1S/C10H11N3O2S/c1-14-6-3-4-7(8(5-6)15-2)9-10(11)13-16-12-9/h3-5H,1-2H3,(H2,11,13). The second kappa shape index (κ2) is 4.36. The van der Waals surface area contributed by atoms with Crippen LogP contribution in [0.5, 0.6) is 11.5 Å². The molecule has 0 aliphatic heterocycles. The summed E-state index contributed by atoms with van der Waals surface area (Å²) in [6, 6.07) is 5.47. The van der Waals surface area contributed by atoms with Gasteiger partial charge in [-0.25, -0.2) is 0 Å². The summed E-state index contributed by atoms with van der Waals surface area (Å²) in [5.41, 5.74) is 7.17. The number of hydrogen-bond donors (Lipinski definition) is 1. The van der Waals surface area contributed by atoms with Gasteiger partial charge < -0.3 is 15.2 Å². The van der Waals surface area contributed by atoms with Crippen molar-refractivity contribution in [1.29, 1.82) is 0 Å². The van der Waals surface area contributed by atoms with Crippen LogP contribution in [-0.4, -0.2) is 23.0 Å². The highest BCUT2D eigenvalue weighted by Crippen LogP contribution is 2.34. The van der Waals surface area contributed by atoms with Gasteiger partial charge in [0.05, 0.1) is 25.9 Å². The number of aromatic nitrogens is 2. The molecule has 1 aromatic heterocycles. The maximum atomic E-state index is 5.72. The van der Waals surface area contributed by atoms with Crippen LogP contribution in [0.1, 0.15) is 0 Å². The van der Waals surface area contributed by atoms with Crippen molar-refractivity contribution in [2.75, 3.05) is 20.0 Å². The fraction of sp³-hybridized carbons (Fsp3) is 0.200. The zero-order chi connectivity index (χ0) is 11.5. The van der Waals surface area contributed by atoms with Crippen LogP contribution in [0.25, 0.3) is 11.3 Å². The quantitative estimate of drug-likeness (QED) is 0.881. The van der Waals surface area contributed by atoms with Crippen molar-refractivity contribution >= 4 is 17.5 Å². The Bertz CT molecular complexity index is 499. The number of nitrogens with two attached hydrogens (primary N) is 1. The predicted octanol–water partition coefficient (Wildman–Crippen LogP) is 1.80. The number of rotatable bonds is 3. The van der Waals surface area contributed by atoms with E-state index >= 15 is 0 Å². The first-order valence-electron chi connectivity index (χ1n) is 4.56. The first-order chi connectivity index (χ1) is 7.76. The van der Waals surface area contributed by atoms with Gasteiger partial charge in [0.25, 0.3) is 0 Å². The van der Waals surface area contributed by atoms with E-state index in [1.165, 1.54) is 0 Å². The fourth-order valence-electron chi connectivity index (χ4n) is 1.38. The fourth-order valence-corrected chi connectivity index (χ4v) is 1.87. The minimum atomic E-state index is 0.411. The lowest BCUT2D eigenvalue weighted by molar-refractivity contribution is 0.395. The lowest BCUT2D eigenvalue weighted by Gasteiger charge is -2.08. The van der Waals surface area contributed by atoms with Crippen molar-refractivity contribution in [3.63, 3.8) is 0 Å². The zero-order valence-electron chi connectivity index (χ0n) is 8.93. The molecule has 0 saturated heterocycles. The molecule has 0 spiro atoms. The van der Waals surface area contributed by atoms with Gasteiger partial charge >= 0.3 is 0 Å². The average Bonchev–Trinajstić information content (AvgIpc) is 2.74. The third kappa shape index (κ3) is 1.79. The van der Waals surface area contributed by atoms with Crippen LogP contribution in [-0.2, 0) is 0 Å². The molecule has 2 aromatic rings. The summed E-state index contributed by atoms with van der Waals surface area (Å²) in [5.74, 6) is 1.80. The minimum Gasteiger partial charge on any atom is -0.497 e. The Balaban J connectivity index is 2.53. The Kier molecular flexibility index (Phi) is 2.91. The molecule has 5 nitrogen and oxygen atoms in total. The molecule has 6 heteroatoms. The van der Waals surface area contributed by atoms with E-state index in [0.717, 1.165) is 23.0 Å². The summed E-state index contributed by atoms with van der Waals surface area (Å²) in [6.45, 7) is 0. The zero-order valence-corrected chi connectivity index (χ0v) is 9.75. The van der Waals surface area contributed by atoms with Crippen LogP contribution >= 0.6 is 11.7 Å². The van der Waals surface area contributed by atoms with Crippen LogP contribution in [0.15, 0.2) is 18.2 Å². The van der Waals surface area contributed by atoms with Crippen molar-refractivity contribution < 1.29 is 9.47 Å². The maximum absolute atomic E-state index is 5.72. The number of benzene rings is 1. The predicted molar refractivity (Wildman–Crippen MR) is 62.9 cm³/mol. The van der Waals surface area contributed by atoms with Gasteiger partial charge in [-0.3, -0.25) is 0 Å². The van der Waals surface area contributed by atoms with E-state index in [1.54, 1.807) is 20.3 Å². The molecule has 0 radical (unpaired) electrons. The second-order valence-corrected chi connectivity index (χ2v) is 3.59. The monoisotopic (exact) mass is 237 g/mol. The summed E-state index contributed by atoms with van der Waals surface area (Å²) < 4.78 is 18.4. The molecule has 0 bridgehead atoms. The summed E-state index contributed by atoms with van der Waals surface area (Å²) in [4.78, 5) is 0. The summed E-state index contributed by atoms with van der Waals surface area (Å²) >= 11 is 1.08. The summed E-state index contributed by atoms with van der Waals surface area (Å²) in [6.07, 6.45) is 0. The number of nitrogen functional groups attached to an aromatic ring is 1. The lowest BCUT2D eigenvalue weighted by atomic mass is 10.1. The molecule has 2 rings (SSSR count). The molecule has 16 heavy (non-hydrogen) atoms. The first-order valence-corrected chi connectivity index (χ1v) is 5.29. The Hall–Kier alpha value is -1.82. The van der Waals surface area contributed by atoms with E-state index in [1.807, 2.05) is 12.1 Å². The third-order valence-electron chi connectivity index (χ3n) is 2.18. The van der Waals surface area contributed by atoms with E-state index in [-0.39, 0.29) is 0 Å². The number of methoxy groups -OCH3 is 2. The molecule has 0 saturated carbocycles. The third-order valence-corrected chi connectivity index (χ3v) is 2.72. The normalized spacial score (nSPS) is 10.1. The van der Waals surface area contributed by atoms with Gasteiger partial charge in [0, 0.05) is 11.6 Å². The molecular weight excluding hydrogens is 226 g/mol. The molecule has 1 aromatic carbocycles. The molecule has 0 aliphatic carbocycles. The van der Waals surface area contributed by atoms with Crippen LogP contribution in [0.2, 0.25) is 0 Å². The largest absolute Gasteiger partial charge is 0.497 e. The van der Waals surface area contributed by atoms with Crippen LogP contribution in [0, 0.1) is 0 Å². The van der Waals surface area contributed by atoms with E-state index in [4.69, 9.17) is 15.2 Å². The lowest BCUT2D eigenvalue weighted by Crippen LogP contribution is -1.93. The summed E-state index contributed by atoms with van der Waals surface area (Å²) in [7, 11) is 3.20. The molecule has 0 atom stereocenters. The Labute approximate surface area is 97.1 Å². The highest BCUT2D eigenvalue weighted by atomic mass is 32.1. The van der Waals surface area contributed by atoms with Crippen LogP contribution < -0.4 is 15.2 Å². The van der Waals surface area contributed by atoms with E-state index in [0.29, 0.717) is 17.3 Å². The van der Waals surface area contributed by atoms with Crippen LogP contribution in [0.4, 0.5) is 5.82 Å². The molecule has 2 N–H and O–H groups in total. The van der Waals surface area contributed by atoms with Gasteiger partial charge in [0.1, 0.15) is 17.2 Å². The van der Waals surface area contributed by atoms with E-state index in [2.05, 4.69) is 8.75 Å². The van der Waals surface area contributed by atoms with Gasteiger partial charge in [-0.05, 0) is 12.1 Å². The number of anilines is 1. The Morgan fingerprint density at radius 3 is 2.56 bits per heavy atom. The highest BCUT2D eigenvalue weighted by Gasteiger charge is 2.13. The van der Waals surface area contributed by atoms with Gasteiger partial charge in [0.15, 0.2) is 5.82 Å². The van der Waals surface area contributed by atoms with Gasteiger partial charge in [-0.15, -0.1) is 0 Å². The molecule has 0 unspecified atom stereocenters. The van der Waals surface area contributed by atoms with Gasteiger partial charge in [-0.1, -0.05) is 0 Å². The van der Waals surface area contributed by atoms with Crippen molar-refractivity contribution in [1.82, 2.24) is 8.75 Å². The molecule has 84 valence electrons. The van der Waals surface area contributed by atoms with Crippen molar-refractivity contribution in [3.05, 3.63) is 18.2 Å². The topological polar surface area (TPSA) is 70.3 Å². The van der Waals surface area contributed by atoms with Gasteiger partial charge in [0.2, 0.25) is 0 Å². The van der Waals surface area contributed by atoms with Crippen LogP contribution in [0.3, 0.4) is 0 Å². The van der Waals surface area contributed by atoms with E-state index in [9.17, 15) is 0 Å². The van der Waals surface area contributed by atoms with Crippen molar-refractivity contribution in [2.45, 2.75) is 0 Å². The highest BCUT2D eigenvalue weighted by molar-refractivity contribution is 6.99. The van der Waals surface area contributed by atoms with E-state index < -0.39 is 0 Å². The minimum absolute atomic E-state index is 0.411. The number of hydrogen-bond acceptors (Lipinski definition) is 6. The summed E-state index contributed by atoms with van der Waals surface area (Å²) in [5, 5.41) is 0. The molecule has 0 aliphatic rings. The molecule has 0 amide bonds. The van der Waals surface area contributed by atoms with Crippen molar-refractivity contribution in [2.24, 2.45) is 0 Å². The SMILES string of the molecule is COc1ccc(-c2nsnc2N)c(OC)c1. The average molecular weight is 237 g/mol. The number of nitrogens with zero attached hydrogens (tertiary/aromatic N) is 2. The maximum Gasteiger partial charge on any atom is 0.165 e.